The van der Waals surface area contributed by atoms with E-state index in [0.29, 0.717) is 12.0 Å². The van der Waals surface area contributed by atoms with Crippen LogP contribution in [0.3, 0.4) is 0 Å². The van der Waals surface area contributed by atoms with Gasteiger partial charge in [-0.05, 0) is 64.4 Å². The van der Waals surface area contributed by atoms with Crippen molar-refractivity contribution in [3.8, 4) is 5.75 Å². The molecule has 206 valence electrons. The quantitative estimate of drug-likeness (QED) is 0.426. The number of hydrogen-bond donors (Lipinski definition) is 3. The molecule has 0 bridgehead atoms. The van der Waals surface area contributed by atoms with E-state index in [-0.39, 0.29) is 41.5 Å². The predicted octanol–water partition coefficient (Wildman–Crippen LogP) is 5.06. The summed E-state index contributed by atoms with van der Waals surface area (Å²) < 4.78 is 5.45. The molecule has 1 aromatic rings. The van der Waals surface area contributed by atoms with E-state index in [1.807, 2.05) is 20.8 Å². The SMILES string of the molecule is CC(C)CC(NC(=O)OC(C)(C)C)C(=O)N(C(C(=O)NC1CCCCC1)c1ccccc1O)C1CC1C. The predicted molar refractivity (Wildman–Crippen MR) is 143 cm³/mol. The Morgan fingerprint density at radius 1 is 1.11 bits per heavy atom. The first kappa shape index (κ1) is 28.8. The summed E-state index contributed by atoms with van der Waals surface area (Å²) in [4.78, 5) is 42.4. The highest BCUT2D eigenvalue weighted by molar-refractivity contribution is 5.93. The molecule has 2 aliphatic carbocycles. The van der Waals surface area contributed by atoms with Gasteiger partial charge in [0.15, 0.2) is 0 Å². The van der Waals surface area contributed by atoms with E-state index in [0.717, 1.165) is 38.5 Å². The minimum atomic E-state index is -0.999. The lowest BCUT2D eigenvalue weighted by Gasteiger charge is -2.36. The van der Waals surface area contributed by atoms with Crippen molar-refractivity contribution in [3.63, 3.8) is 0 Å². The third-order valence-corrected chi connectivity index (χ3v) is 7.08. The molecular formula is C29H45N3O5. The Hall–Kier alpha value is -2.77. The summed E-state index contributed by atoms with van der Waals surface area (Å²) in [5.74, 6) is -0.330. The van der Waals surface area contributed by atoms with Crippen LogP contribution in [0, 0.1) is 11.8 Å². The number of aromatic hydroxyl groups is 1. The van der Waals surface area contributed by atoms with Crippen molar-refractivity contribution in [2.45, 2.75) is 116 Å². The number of phenols is 1. The van der Waals surface area contributed by atoms with Gasteiger partial charge in [-0.2, -0.15) is 0 Å². The van der Waals surface area contributed by atoms with Gasteiger partial charge in [0, 0.05) is 17.6 Å². The second kappa shape index (κ2) is 12.2. The van der Waals surface area contributed by atoms with Crippen molar-refractivity contribution in [2.75, 3.05) is 0 Å². The summed E-state index contributed by atoms with van der Waals surface area (Å²) in [7, 11) is 0. The Bertz CT molecular complexity index is 951. The maximum Gasteiger partial charge on any atom is 0.408 e. The molecule has 3 N–H and O–H groups in total. The Balaban J connectivity index is 1.97. The number of para-hydroxylation sites is 1. The fourth-order valence-corrected chi connectivity index (χ4v) is 5.16. The number of amides is 3. The number of nitrogens with one attached hydrogen (secondary N) is 2. The van der Waals surface area contributed by atoms with Crippen molar-refractivity contribution >= 4 is 17.9 Å². The summed E-state index contributed by atoms with van der Waals surface area (Å²) in [6, 6.07) is 4.73. The molecule has 2 saturated carbocycles. The summed E-state index contributed by atoms with van der Waals surface area (Å²) in [5.41, 5.74) is -0.317. The Kier molecular flexibility index (Phi) is 9.48. The van der Waals surface area contributed by atoms with Crippen LogP contribution in [-0.4, -0.2) is 51.6 Å². The lowest BCUT2D eigenvalue weighted by atomic mass is 9.94. The molecule has 37 heavy (non-hydrogen) atoms. The van der Waals surface area contributed by atoms with Gasteiger partial charge < -0.3 is 25.4 Å². The molecule has 0 saturated heterocycles. The zero-order chi connectivity index (χ0) is 27.3. The molecule has 2 fully saturated rings. The van der Waals surface area contributed by atoms with Crippen molar-refractivity contribution < 1.29 is 24.2 Å². The van der Waals surface area contributed by atoms with Gasteiger partial charge in [-0.3, -0.25) is 9.59 Å². The number of benzene rings is 1. The van der Waals surface area contributed by atoms with Crippen LogP contribution in [0.5, 0.6) is 5.75 Å². The van der Waals surface area contributed by atoms with Crippen molar-refractivity contribution in [3.05, 3.63) is 29.8 Å². The maximum atomic E-state index is 14.2. The highest BCUT2D eigenvalue weighted by Gasteiger charge is 2.49. The highest BCUT2D eigenvalue weighted by Crippen LogP contribution is 2.42. The molecule has 0 heterocycles. The summed E-state index contributed by atoms with van der Waals surface area (Å²) in [6.45, 7) is 11.3. The third-order valence-electron chi connectivity index (χ3n) is 7.08. The molecule has 0 spiro atoms. The first-order chi connectivity index (χ1) is 17.4. The largest absolute Gasteiger partial charge is 0.508 e. The molecule has 0 radical (unpaired) electrons. The lowest BCUT2D eigenvalue weighted by molar-refractivity contribution is -0.144. The molecule has 4 unspecified atom stereocenters. The van der Waals surface area contributed by atoms with Crippen molar-refractivity contribution in [2.24, 2.45) is 11.8 Å². The van der Waals surface area contributed by atoms with Gasteiger partial charge in [-0.1, -0.05) is 58.2 Å². The second-order valence-corrected chi connectivity index (χ2v) is 12.2. The smallest absolute Gasteiger partial charge is 0.408 e. The van der Waals surface area contributed by atoms with Gasteiger partial charge in [-0.15, -0.1) is 0 Å². The van der Waals surface area contributed by atoms with Crippen LogP contribution in [0.15, 0.2) is 24.3 Å². The Morgan fingerprint density at radius 3 is 2.27 bits per heavy atom. The summed E-state index contributed by atoms with van der Waals surface area (Å²) in [6.07, 6.45) is 5.58. The van der Waals surface area contributed by atoms with E-state index in [1.165, 1.54) is 0 Å². The lowest BCUT2D eigenvalue weighted by Crippen LogP contribution is -2.55. The van der Waals surface area contributed by atoms with Gasteiger partial charge in [0.2, 0.25) is 11.8 Å². The van der Waals surface area contributed by atoms with Gasteiger partial charge in [0.1, 0.15) is 23.4 Å². The van der Waals surface area contributed by atoms with Gasteiger partial charge in [0.05, 0.1) is 0 Å². The van der Waals surface area contributed by atoms with E-state index in [1.54, 1.807) is 49.9 Å². The molecular weight excluding hydrogens is 470 g/mol. The van der Waals surface area contributed by atoms with Crippen LogP contribution in [0.2, 0.25) is 0 Å². The number of alkyl carbamates (subject to hydrolysis) is 1. The van der Waals surface area contributed by atoms with Crippen molar-refractivity contribution in [1.29, 1.82) is 0 Å². The van der Waals surface area contributed by atoms with E-state index < -0.39 is 23.8 Å². The van der Waals surface area contributed by atoms with Crippen LogP contribution in [0.25, 0.3) is 0 Å². The molecule has 3 amide bonds. The summed E-state index contributed by atoms with van der Waals surface area (Å²) in [5, 5.41) is 16.7. The number of carbonyl (C=O) groups excluding carboxylic acids is 3. The number of hydrogen-bond acceptors (Lipinski definition) is 5. The topological polar surface area (TPSA) is 108 Å². The molecule has 3 rings (SSSR count). The highest BCUT2D eigenvalue weighted by atomic mass is 16.6. The standard InChI is InChI=1S/C29H45N3O5/c1-18(2)16-22(31-28(36)37-29(4,5)6)27(35)32(23-17-19(23)3)25(21-14-10-11-15-24(21)33)26(34)30-20-12-8-7-9-13-20/h10-11,14-15,18-20,22-23,25,33H,7-9,12-13,16-17H2,1-6H3,(H,30,34)(H,31,36). The van der Waals surface area contributed by atoms with E-state index in [2.05, 4.69) is 10.6 Å². The number of rotatable bonds is 9. The van der Waals surface area contributed by atoms with E-state index in [4.69, 9.17) is 4.74 Å². The summed E-state index contributed by atoms with van der Waals surface area (Å²) >= 11 is 0. The van der Waals surface area contributed by atoms with Crippen LogP contribution in [-0.2, 0) is 14.3 Å². The van der Waals surface area contributed by atoms with Gasteiger partial charge in [-0.25, -0.2) is 4.79 Å². The molecule has 8 nitrogen and oxygen atoms in total. The number of carbonyl (C=O) groups is 3. The Labute approximate surface area is 221 Å². The molecule has 0 aliphatic heterocycles. The average molecular weight is 516 g/mol. The minimum Gasteiger partial charge on any atom is -0.508 e. The van der Waals surface area contributed by atoms with Crippen LogP contribution < -0.4 is 10.6 Å². The third kappa shape index (κ3) is 8.11. The fraction of sp³-hybridized carbons (Fsp3) is 0.690. The maximum absolute atomic E-state index is 14.2. The molecule has 1 aromatic carbocycles. The fourth-order valence-electron chi connectivity index (χ4n) is 5.16. The first-order valence-electron chi connectivity index (χ1n) is 13.8. The molecule has 8 heteroatoms. The molecule has 2 aliphatic rings. The molecule has 4 atom stereocenters. The minimum absolute atomic E-state index is 0.0297. The Morgan fingerprint density at radius 2 is 1.73 bits per heavy atom. The second-order valence-electron chi connectivity index (χ2n) is 12.2. The first-order valence-corrected chi connectivity index (χ1v) is 13.8. The van der Waals surface area contributed by atoms with E-state index >= 15 is 0 Å². The van der Waals surface area contributed by atoms with Crippen LogP contribution >= 0.6 is 0 Å². The zero-order valence-corrected chi connectivity index (χ0v) is 23.3. The van der Waals surface area contributed by atoms with Crippen molar-refractivity contribution in [1.82, 2.24) is 15.5 Å². The van der Waals surface area contributed by atoms with Crippen LogP contribution in [0.1, 0.15) is 98.1 Å². The monoisotopic (exact) mass is 515 g/mol. The van der Waals surface area contributed by atoms with E-state index in [9.17, 15) is 19.5 Å². The van der Waals surface area contributed by atoms with Gasteiger partial charge in [0.25, 0.3) is 0 Å². The number of nitrogens with zero attached hydrogens (tertiary/aromatic N) is 1. The number of phenolic OH excluding ortho intramolecular Hbond substituents is 1. The molecule has 0 aromatic heterocycles. The van der Waals surface area contributed by atoms with Crippen LogP contribution in [0.4, 0.5) is 4.79 Å². The zero-order valence-electron chi connectivity index (χ0n) is 23.3. The normalized spacial score (nSPS) is 21.6. The average Bonchev–Trinajstić information content (AvgIpc) is 3.52. The number of ether oxygens (including phenoxy) is 1. The van der Waals surface area contributed by atoms with Gasteiger partial charge >= 0.3 is 6.09 Å².